The summed E-state index contributed by atoms with van der Waals surface area (Å²) >= 11 is 3.33. The van der Waals surface area contributed by atoms with Crippen LogP contribution in [0.1, 0.15) is 23.6 Å². The highest BCUT2D eigenvalue weighted by Crippen LogP contribution is 2.37. The van der Waals surface area contributed by atoms with E-state index >= 15 is 0 Å². The SMILES string of the molecule is O=S(=O)(Oc1ccc([C@H]2CC(Br)C(c3c(F)cccc3F)=N2)cc1)C(F)(F)F. The minimum absolute atomic E-state index is 0.181. The number of alkyl halides is 4. The van der Waals surface area contributed by atoms with Crippen LogP contribution in [0.15, 0.2) is 47.5 Å². The Morgan fingerprint density at radius 2 is 1.61 bits per heavy atom. The predicted octanol–water partition coefficient (Wildman–Crippen LogP) is 4.89. The van der Waals surface area contributed by atoms with Crippen LogP contribution in [-0.2, 0) is 10.1 Å². The second kappa shape index (κ2) is 7.43. The molecule has 0 saturated carbocycles. The van der Waals surface area contributed by atoms with Crippen LogP contribution < -0.4 is 4.18 Å². The van der Waals surface area contributed by atoms with Crippen LogP contribution in [0.2, 0.25) is 0 Å². The number of rotatable bonds is 4. The molecule has 150 valence electrons. The fraction of sp³-hybridized carbons (Fsp3) is 0.235. The van der Waals surface area contributed by atoms with Gasteiger partial charge in [0.25, 0.3) is 0 Å². The highest BCUT2D eigenvalue weighted by Gasteiger charge is 2.48. The van der Waals surface area contributed by atoms with Gasteiger partial charge in [-0.3, -0.25) is 4.99 Å². The van der Waals surface area contributed by atoms with Gasteiger partial charge in [0.05, 0.1) is 22.1 Å². The predicted molar refractivity (Wildman–Crippen MR) is 95.0 cm³/mol. The van der Waals surface area contributed by atoms with Crippen molar-refractivity contribution < 1.29 is 34.6 Å². The molecule has 0 spiro atoms. The van der Waals surface area contributed by atoms with Gasteiger partial charge >= 0.3 is 15.6 Å². The van der Waals surface area contributed by atoms with Crippen LogP contribution in [0.5, 0.6) is 5.75 Å². The molecule has 0 saturated heterocycles. The van der Waals surface area contributed by atoms with E-state index in [4.69, 9.17) is 0 Å². The first-order valence-corrected chi connectivity index (χ1v) is 10.1. The largest absolute Gasteiger partial charge is 0.534 e. The monoisotopic (exact) mass is 483 g/mol. The standard InChI is InChI=1S/C17H11BrF5NO3S/c18-11-8-14(24-16(11)15-12(19)2-1-3-13(15)20)9-4-6-10(7-5-9)27-28(25,26)17(21,22)23/h1-7,11,14H,8H2/t11?,14-/m1/s1. The van der Waals surface area contributed by atoms with Crippen LogP contribution in [0.25, 0.3) is 0 Å². The molecule has 0 amide bonds. The maximum Gasteiger partial charge on any atom is 0.534 e. The van der Waals surface area contributed by atoms with Crippen molar-refractivity contribution in [3.8, 4) is 5.75 Å². The summed E-state index contributed by atoms with van der Waals surface area (Å²) in [5.41, 5.74) is -5.08. The summed E-state index contributed by atoms with van der Waals surface area (Å²) < 4.78 is 91.2. The molecule has 11 heteroatoms. The van der Waals surface area contributed by atoms with E-state index in [1.807, 2.05) is 0 Å². The molecule has 1 heterocycles. The average molecular weight is 484 g/mol. The minimum Gasteiger partial charge on any atom is -0.376 e. The lowest BCUT2D eigenvalue weighted by atomic mass is 10.0. The van der Waals surface area contributed by atoms with Gasteiger partial charge in [-0.25, -0.2) is 8.78 Å². The molecule has 0 aromatic heterocycles. The topological polar surface area (TPSA) is 55.7 Å². The van der Waals surface area contributed by atoms with E-state index in [1.54, 1.807) is 0 Å². The Kier molecular flexibility index (Phi) is 5.50. The molecule has 0 radical (unpaired) electrons. The Morgan fingerprint density at radius 1 is 1.04 bits per heavy atom. The fourth-order valence-electron chi connectivity index (χ4n) is 2.70. The Hall–Kier alpha value is -2.01. The third kappa shape index (κ3) is 4.04. The number of hydrogen-bond donors (Lipinski definition) is 0. The third-order valence-corrected chi connectivity index (χ3v) is 5.78. The third-order valence-electron chi connectivity index (χ3n) is 4.00. The average Bonchev–Trinajstić information content (AvgIpc) is 2.96. The van der Waals surface area contributed by atoms with Crippen LogP contribution >= 0.6 is 15.9 Å². The van der Waals surface area contributed by atoms with E-state index in [-0.39, 0.29) is 11.3 Å². The Bertz CT molecular complexity index is 1000. The van der Waals surface area contributed by atoms with Gasteiger partial charge in [-0.15, -0.1) is 0 Å². The summed E-state index contributed by atoms with van der Waals surface area (Å²) in [6.45, 7) is 0. The van der Waals surface area contributed by atoms with Crippen molar-refractivity contribution in [1.82, 2.24) is 0 Å². The second-order valence-electron chi connectivity index (χ2n) is 5.88. The first kappa shape index (κ1) is 20.7. The van der Waals surface area contributed by atoms with Gasteiger partial charge in [0, 0.05) is 0 Å². The van der Waals surface area contributed by atoms with Crippen molar-refractivity contribution in [3.63, 3.8) is 0 Å². The number of halogens is 6. The van der Waals surface area contributed by atoms with Gasteiger partial charge in [0.2, 0.25) is 0 Å². The molecule has 2 aromatic carbocycles. The smallest absolute Gasteiger partial charge is 0.376 e. The molecule has 28 heavy (non-hydrogen) atoms. The summed E-state index contributed by atoms with van der Waals surface area (Å²) in [6, 6.07) is 7.73. The van der Waals surface area contributed by atoms with Crippen molar-refractivity contribution in [2.24, 2.45) is 4.99 Å². The van der Waals surface area contributed by atoms with Crippen LogP contribution in [0.4, 0.5) is 22.0 Å². The van der Waals surface area contributed by atoms with Crippen molar-refractivity contribution in [1.29, 1.82) is 0 Å². The van der Waals surface area contributed by atoms with E-state index < -0.39 is 43.9 Å². The molecule has 1 aliphatic heterocycles. The summed E-state index contributed by atoms with van der Waals surface area (Å²) in [6.07, 6.45) is 0.351. The molecule has 0 aliphatic carbocycles. The van der Waals surface area contributed by atoms with E-state index in [2.05, 4.69) is 25.1 Å². The van der Waals surface area contributed by atoms with Gasteiger partial charge in [-0.1, -0.05) is 34.1 Å². The molecule has 0 fully saturated rings. The van der Waals surface area contributed by atoms with E-state index in [9.17, 15) is 30.4 Å². The quantitative estimate of drug-likeness (QED) is 0.269. The Morgan fingerprint density at radius 3 is 2.14 bits per heavy atom. The molecular weight excluding hydrogens is 473 g/mol. The van der Waals surface area contributed by atoms with Crippen LogP contribution in [-0.4, -0.2) is 24.5 Å². The zero-order valence-electron chi connectivity index (χ0n) is 13.8. The number of benzene rings is 2. The van der Waals surface area contributed by atoms with Crippen molar-refractivity contribution >= 4 is 31.8 Å². The second-order valence-corrected chi connectivity index (χ2v) is 8.53. The molecule has 4 nitrogen and oxygen atoms in total. The summed E-state index contributed by atoms with van der Waals surface area (Å²) in [4.78, 5) is 3.89. The molecule has 2 aromatic rings. The first-order valence-electron chi connectivity index (χ1n) is 7.76. The maximum atomic E-state index is 14.0. The number of hydrogen-bond acceptors (Lipinski definition) is 4. The normalized spacial score (nSPS) is 20.1. The zero-order chi connectivity index (χ0) is 20.7. The maximum absolute atomic E-state index is 14.0. The lowest BCUT2D eigenvalue weighted by molar-refractivity contribution is -0.0500. The van der Waals surface area contributed by atoms with E-state index in [0.717, 1.165) is 24.3 Å². The summed E-state index contributed by atoms with van der Waals surface area (Å²) in [7, 11) is -5.76. The molecule has 3 rings (SSSR count). The van der Waals surface area contributed by atoms with E-state index in [1.165, 1.54) is 18.2 Å². The van der Waals surface area contributed by atoms with Crippen molar-refractivity contribution in [2.45, 2.75) is 22.8 Å². The highest BCUT2D eigenvalue weighted by atomic mass is 79.9. The number of nitrogens with zero attached hydrogens (tertiary/aromatic N) is 1. The van der Waals surface area contributed by atoms with E-state index in [0.29, 0.717) is 12.0 Å². The molecular formula is C17H11BrF5NO3S. The number of aliphatic imine (C=N–C) groups is 1. The van der Waals surface area contributed by atoms with Gasteiger partial charge in [0.15, 0.2) is 0 Å². The molecule has 0 bridgehead atoms. The highest BCUT2D eigenvalue weighted by molar-refractivity contribution is 9.10. The molecule has 0 N–H and O–H groups in total. The van der Waals surface area contributed by atoms with Crippen molar-refractivity contribution in [2.75, 3.05) is 0 Å². The van der Waals surface area contributed by atoms with Gasteiger partial charge in [-0.2, -0.15) is 21.6 Å². The lowest BCUT2D eigenvalue weighted by Crippen LogP contribution is -2.28. The van der Waals surface area contributed by atoms with Gasteiger partial charge in [-0.05, 0) is 36.2 Å². The molecule has 2 atom stereocenters. The van der Waals surface area contributed by atoms with Crippen molar-refractivity contribution in [3.05, 3.63) is 65.2 Å². The van der Waals surface area contributed by atoms with Crippen LogP contribution in [0.3, 0.4) is 0 Å². The van der Waals surface area contributed by atoms with Crippen LogP contribution in [0, 0.1) is 11.6 Å². The first-order chi connectivity index (χ1) is 13.0. The van der Waals surface area contributed by atoms with Gasteiger partial charge < -0.3 is 4.18 Å². The fourth-order valence-corrected chi connectivity index (χ4v) is 3.86. The summed E-state index contributed by atoms with van der Waals surface area (Å²) in [5.74, 6) is -2.03. The van der Waals surface area contributed by atoms with Gasteiger partial charge in [0.1, 0.15) is 17.4 Å². The zero-order valence-corrected chi connectivity index (χ0v) is 16.2. The lowest BCUT2D eigenvalue weighted by Gasteiger charge is -2.11. The Labute approximate surface area is 165 Å². The molecule has 1 unspecified atom stereocenters. The Balaban J connectivity index is 1.85. The molecule has 1 aliphatic rings. The minimum atomic E-state index is -5.76. The summed E-state index contributed by atoms with van der Waals surface area (Å²) in [5, 5.41) is 0.